The number of halogens is 1. The molecule has 0 aliphatic rings. The molecule has 3 aromatic heterocycles. The molecule has 1 atom stereocenters. The Morgan fingerprint density at radius 3 is 2.73 bits per heavy atom. The molecule has 162 valence electrons. The molecule has 10 heteroatoms. The molecule has 2 aromatic carbocycles. The molecule has 3 heterocycles. The van der Waals surface area contributed by atoms with Crippen LogP contribution < -0.4 is 0 Å². The normalized spacial score (nSPS) is 13.1. The molecule has 0 spiro atoms. The van der Waals surface area contributed by atoms with E-state index in [-0.39, 0.29) is 17.1 Å². The van der Waals surface area contributed by atoms with E-state index in [1.807, 2.05) is 24.3 Å². The Bertz CT molecular complexity index is 1520. The fraction of sp³-hybridized carbons (Fsp3) is 0.0870. The second-order valence-corrected chi connectivity index (χ2v) is 8.51. The summed E-state index contributed by atoms with van der Waals surface area (Å²) in [5.41, 5.74) is 2.76. The third kappa shape index (κ3) is 3.79. The van der Waals surface area contributed by atoms with Crippen molar-refractivity contribution in [1.82, 2.24) is 29.7 Å². The first-order valence-electron chi connectivity index (χ1n) is 9.95. The fourth-order valence-corrected chi connectivity index (χ4v) is 4.36. The number of hydrogen-bond acceptors (Lipinski definition) is 7. The summed E-state index contributed by atoms with van der Waals surface area (Å²) in [6.45, 7) is 1.78. The van der Waals surface area contributed by atoms with E-state index in [0.29, 0.717) is 33.1 Å². The zero-order chi connectivity index (χ0) is 22.9. The number of allylic oxidation sites excluding steroid dienone is 1. The first-order chi connectivity index (χ1) is 16.0. The van der Waals surface area contributed by atoms with Crippen molar-refractivity contribution < 1.29 is 9.50 Å². The van der Waals surface area contributed by atoms with Gasteiger partial charge < -0.3 is 10.1 Å². The molecule has 5 aromatic rings. The van der Waals surface area contributed by atoms with Gasteiger partial charge in [-0.15, -0.1) is 0 Å². The molecule has 0 fully saturated rings. The van der Waals surface area contributed by atoms with Crippen LogP contribution in [-0.4, -0.2) is 40.1 Å². The molecular weight excluding hydrogens is 441 g/mol. The first kappa shape index (κ1) is 20.7. The number of para-hydroxylation sites is 2. The number of fused-ring (bicyclic) bond motifs is 2. The SMILES string of the molecule is CC(Sc1ncnc2c1cnn2-c1ccc(F)cc1)/C(O)=C(\C#N)c1nc2ccccc2[nH]1. The number of hydrogen-bond donors (Lipinski definition) is 2. The second-order valence-electron chi connectivity index (χ2n) is 7.18. The number of aliphatic hydroxyl groups is 1. The minimum absolute atomic E-state index is 0.0681. The van der Waals surface area contributed by atoms with Gasteiger partial charge in [0.2, 0.25) is 0 Å². The summed E-state index contributed by atoms with van der Waals surface area (Å²) in [5.74, 6) is -0.144. The van der Waals surface area contributed by atoms with Gasteiger partial charge in [0.15, 0.2) is 11.5 Å². The molecule has 2 N–H and O–H groups in total. The van der Waals surface area contributed by atoms with Crippen LogP contribution in [0, 0.1) is 17.1 Å². The van der Waals surface area contributed by atoms with E-state index < -0.39 is 5.25 Å². The van der Waals surface area contributed by atoms with Crippen molar-refractivity contribution >= 4 is 39.4 Å². The van der Waals surface area contributed by atoms with Crippen LogP contribution in [0.25, 0.3) is 33.3 Å². The van der Waals surface area contributed by atoms with Gasteiger partial charge in [-0.1, -0.05) is 23.9 Å². The van der Waals surface area contributed by atoms with Crippen LogP contribution in [0.3, 0.4) is 0 Å². The van der Waals surface area contributed by atoms with Crippen LogP contribution in [0.5, 0.6) is 0 Å². The number of imidazole rings is 1. The Balaban J connectivity index is 1.48. The molecule has 0 bridgehead atoms. The first-order valence-corrected chi connectivity index (χ1v) is 10.8. The maximum absolute atomic E-state index is 13.3. The van der Waals surface area contributed by atoms with Crippen LogP contribution >= 0.6 is 11.8 Å². The Kier molecular flexibility index (Phi) is 5.24. The third-order valence-electron chi connectivity index (χ3n) is 5.07. The molecule has 0 aliphatic heterocycles. The van der Waals surface area contributed by atoms with Gasteiger partial charge in [-0.25, -0.2) is 24.0 Å². The Labute approximate surface area is 191 Å². The van der Waals surface area contributed by atoms with Gasteiger partial charge in [0.1, 0.15) is 34.6 Å². The van der Waals surface area contributed by atoms with Crippen molar-refractivity contribution in [2.45, 2.75) is 17.2 Å². The molecule has 0 amide bonds. The molecule has 33 heavy (non-hydrogen) atoms. The summed E-state index contributed by atoms with van der Waals surface area (Å²) >= 11 is 1.27. The smallest absolute Gasteiger partial charge is 0.167 e. The van der Waals surface area contributed by atoms with Gasteiger partial charge in [0.25, 0.3) is 0 Å². The Morgan fingerprint density at radius 1 is 1.18 bits per heavy atom. The lowest BCUT2D eigenvalue weighted by molar-refractivity contribution is 0.402. The van der Waals surface area contributed by atoms with Gasteiger partial charge in [0.05, 0.1) is 33.6 Å². The zero-order valence-electron chi connectivity index (χ0n) is 17.3. The summed E-state index contributed by atoms with van der Waals surface area (Å²) in [6.07, 6.45) is 3.03. The van der Waals surface area contributed by atoms with Crippen molar-refractivity contribution in [1.29, 1.82) is 5.26 Å². The zero-order valence-corrected chi connectivity index (χ0v) is 18.1. The van der Waals surface area contributed by atoms with Gasteiger partial charge in [-0.05, 0) is 43.3 Å². The number of H-pyrrole nitrogens is 1. The summed E-state index contributed by atoms with van der Waals surface area (Å²) < 4.78 is 14.9. The van der Waals surface area contributed by atoms with Gasteiger partial charge in [0, 0.05) is 0 Å². The van der Waals surface area contributed by atoms with Crippen LogP contribution in [-0.2, 0) is 0 Å². The molecule has 8 nitrogen and oxygen atoms in total. The van der Waals surface area contributed by atoms with Crippen LogP contribution in [0.15, 0.2) is 71.8 Å². The Hall–Kier alpha value is -4.23. The van der Waals surface area contributed by atoms with E-state index in [2.05, 4.69) is 31.1 Å². The average Bonchev–Trinajstić information content (AvgIpc) is 3.45. The van der Waals surface area contributed by atoms with E-state index in [4.69, 9.17) is 0 Å². The average molecular weight is 457 g/mol. The molecule has 0 saturated heterocycles. The number of rotatable bonds is 5. The van der Waals surface area contributed by atoms with Crippen molar-refractivity contribution in [3.05, 3.63) is 78.5 Å². The highest BCUT2D eigenvalue weighted by Crippen LogP contribution is 2.33. The molecule has 0 radical (unpaired) electrons. The number of benzene rings is 2. The minimum Gasteiger partial charge on any atom is -0.510 e. The van der Waals surface area contributed by atoms with Crippen molar-refractivity contribution in [3.8, 4) is 11.8 Å². The topological polar surface area (TPSA) is 116 Å². The maximum atomic E-state index is 13.3. The van der Waals surface area contributed by atoms with Crippen LogP contribution in [0.1, 0.15) is 12.7 Å². The van der Waals surface area contributed by atoms with Crippen molar-refractivity contribution in [2.75, 3.05) is 0 Å². The second kappa shape index (κ2) is 8.37. The summed E-state index contributed by atoms with van der Waals surface area (Å²) in [6, 6.07) is 15.4. The number of aromatic nitrogens is 6. The summed E-state index contributed by atoms with van der Waals surface area (Å²) in [4.78, 5) is 16.1. The molecule has 0 saturated carbocycles. The quantitative estimate of drug-likeness (QED) is 0.168. The number of aliphatic hydroxyl groups excluding tert-OH is 1. The summed E-state index contributed by atoms with van der Waals surface area (Å²) in [5, 5.41) is 25.7. The van der Waals surface area contributed by atoms with E-state index in [9.17, 15) is 14.8 Å². The maximum Gasteiger partial charge on any atom is 0.167 e. The standard InChI is InChI=1S/C23H16FN7OS/c1-13(20(32)16(10-25)21-29-18-4-2-3-5-19(18)30-21)33-23-17-11-28-31(22(17)26-12-27-23)15-8-6-14(24)7-9-15/h2-9,11-13,32H,1H3,(H,29,30)/b20-16-. The Morgan fingerprint density at radius 2 is 1.97 bits per heavy atom. The molecular formula is C23H16FN7OS. The largest absolute Gasteiger partial charge is 0.510 e. The van der Waals surface area contributed by atoms with E-state index >= 15 is 0 Å². The highest BCUT2D eigenvalue weighted by Gasteiger charge is 2.21. The van der Waals surface area contributed by atoms with Gasteiger partial charge in [-0.2, -0.15) is 10.4 Å². The highest BCUT2D eigenvalue weighted by molar-refractivity contribution is 8.00. The lowest BCUT2D eigenvalue weighted by Crippen LogP contribution is -2.05. The molecule has 5 rings (SSSR count). The predicted octanol–water partition coefficient (Wildman–Crippen LogP) is 4.80. The molecule has 1 unspecified atom stereocenters. The van der Waals surface area contributed by atoms with Crippen LogP contribution in [0.2, 0.25) is 0 Å². The van der Waals surface area contributed by atoms with Gasteiger partial charge >= 0.3 is 0 Å². The van der Waals surface area contributed by atoms with E-state index in [0.717, 1.165) is 5.52 Å². The monoisotopic (exact) mass is 457 g/mol. The highest BCUT2D eigenvalue weighted by atomic mass is 32.2. The summed E-state index contributed by atoms with van der Waals surface area (Å²) in [7, 11) is 0. The van der Waals surface area contributed by atoms with Crippen molar-refractivity contribution in [3.63, 3.8) is 0 Å². The minimum atomic E-state index is -0.500. The van der Waals surface area contributed by atoms with Crippen molar-refractivity contribution in [2.24, 2.45) is 0 Å². The number of thioether (sulfide) groups is 1. The number of aromatic amines is 1. The number of nitriles is 1. The molecule has 0 aliphatic carbocycles. The number of nitrogens with zero attached hydrogens (tertiary/aromatic N) is 6. The third-order valence-corrected chi connectivity index (χ3v) is 6.19. The lowest BCUT2D eigenvalue weighted by atomic mass is 10.2. The van der Waals surface area contributed by atoms with Gasteiger partial charge in [-0.3, -0.25) is 0 Å². The van der Waals surface area contributed by atoms with E-state index in [1.165, 1.54) is 30.2 Å². The number of nitrogens with one attached hydrogen (secondary N) is 1. The lowest BCUT2D eigenvalue weighted by Gasteiger charge is -2.11. The predicted molar refractivity (Wildman–Crippen MR) is 123 cm³/mol. The fourth-order valence-electron chi connectivity index (χ4n) is 3.42. The van der Waals surface area contributed by atoms with Crippen LogP contribution in [0.4, 0.5) is 4.39 Å². The van der Waals surface area contributed by atoms with E-state index in [1.54, 1.807) is 29.9 Å².